The van der Waals surface area contributed by atoms with Crippen molar-refractivity contribution < 1.29 is 9.53 Å². The molecule has 1 aromatic heterocycles. The average Bonchev–Trinajstić information content (AvgIpc) is 2.64. The molecular formula is C19H25N5O2. The van der Waals surface area contributed by atoms with Gasteiger partial charge in [-0.05, 0) is 38.1 Å². The second-order valence-corrected chi connectivity index (χ2v) is 6.59. The molecule has 0 atom stereocenters. The number of likely N-dealkylation sites (N-methyl/N-ethyl adjacent to an activating group) is 1. The van der Waals surface area contributed by atoms with E-state index in [-0.39, 0.29) is 12.5 Å². The first kappa shape index (κ1) is 18.1. The van der Waals surface area contributed by atoms with Gasteiger partial charge in [-0.25, -0.2) is 9.97 Å². The summed E-state index contributed by atoms with van der Waals surface area (Å²) in [5.41, 5.74) is 2.18. The monoisotopic (exact) mass is 355 g/mol. The van der Waals surface area contributed by atoms with Crippen LogP contribution < -0.4 is 15.0 Å². The standard InChI is InChI=1S/C19H25N5O2/c1-14-5-4-6-16(15(14)2)26-12-19(25)22-17-11-18(21-13-20-17)24-9-7-23(3)8-10-24/h4-6,11,13H,7-10,12H2,1-3H3,(H,20,21,22,25). The van der Waals surface area contributed by atoms with Crippen LogP contribution in [0.1, 0.15) is 11.1 Å². The van der Waals surface area contributed by atoms with Gasteiger partial charge in [0.2, 0.25) is 0 Å². The number of carbonyl (C=O) groups is 1. The van der Waals surface area contributed by atoms with E-state index in [0.717, 1.165) is 48.9 Å². The minimum atomic E-state index is -0.242. The van der Waals surface area contributed by atoms with Gasteiger partial charge >= 0.3 is 0 Å². The summed E-state index contributed by atoms with van der Waals surface area (Å²) in [4.78, 5) is 25.1. The van der Waals surface area contributed by atoms with Gasteiger partial charge in [0.25, 0.3) is 5.91 Å². The van der Waals surface area contributed by atoms with E-state index in [1.54, 1.807) is 6.07 Å². The largest absolute Gasteiger partial charge is 0.483 e. The second kappa shape index (κ2) is 8.14. The number of anilines is 2. The highest BCUT2D eigenvalue weighted by Crippen LogP contribution is 2.20. The first-order valence-corrected chi connectivity index (χ1v) is 8.77. The first-order valence-electron chi connectivity index (χ1n) is 8.77. The maximum absolute atomic E-state index is 12.2. The van der Waals surface area contributed by atoms with Gasteiger partial charge in [0, 0.05) is 32.2 Å². The van der Waals surface area contributed by atoms with E-state index < -0.39 is 0 Å². The minimum absolute atomic E-state index is 0.0574. The lowest BCUT2D eigenvalue weighted by Crippen LogP contribution is -2.44. The maximum Gasteiger partial charge on any atom is 0.263 e. The van der Waals surface area contributed by atoms with Crippen LogP contribution in [0.25, 0.3) is 0 Å². The molecule has 0 aliphatic carbocycles. The number of hydrogen-bond donors (Lipinski definition) is 1. The molecule has 1 aliphatic rings. The number of aromatic nitrogens is 2. The number of piperazine rings is 1. The summed E-state index contributed by atoms with van der Waals surface area (Å²) >= 11 is 0. The van der Waals surface area contributed by atoms with E-state index in [1.807, 2.05) is 32.0 Å². The quantitative estimate of drug-likeness (QED) is 0.883. The number of ether oxygens (including phenoxy) is 1. The van der Waals surface area contributed by atoms with Crippen molar-refractivity contribution in [2.45, 2.75) is 13.8 Å². The summed E-state index contributed by atoms with van der Waals surface area (Å²) in [5.74, 6) is 1.80. The molecule has 1 aromatic carbocycles. The van der Waals surface area contributed by atoms with Gasteiger partial charge in [0.15, 0.2) is 6.61 Å². The number of aryl methyl sites for hydroxylation is 1. The predicted molar refractivity (Wildman–Crippen MR) is 102 cm³/mol. The van der Waals surface area contributed by atoms with E-state index in [4.69, 9.17) is 4.74 Å². The molecule has 2 aromatic rings. The Labute approximate surface area is 154 Å². The van der Waals surface area contributed by atoms with Gasteiger partial charge in [0.1, 0.15) is 23.7 Å². The van der Waals surface area contributed by atoms with E-state index in [1.165, 1.54) is 6.33 Å². The number of nitrogens with zero attached hydrogens (tertiary/aromatic N) is 4. The number of carbonyl (C=O) groups excluding carboxylic acids is 1. The van der Waals surface area contributed by atoms with E-state index in [2.05, 4.69) is 32.1 Å². The molecule has 0 radical (unpaired) electrons. The van der Waals surface area contributed by atoms with Crippen molar-refractivity contribution in [1.29, 1.82) is 0 Å². The molecule has 0 bridgehead atoms. The predicted octanol–water partition coefficient (Wildman–Crippen LogP) is 1.86. The molecule has 26 heavy (non-hydrogen) atoms. The van der Waals surface area contributed by atoms with Crippen LogP contribution in [-0.2, 0) is 4.79 Å². The summed E-state index contributed by atoms with van der Waals surface area (Å²) in [6.45, 7) is 7.76. The minimum Gasteiger partial charge on any atom is -0.483 e. The fourth-order valence-corrected chi connectivity index (χ4v) is 2.83. The van der Waals surface area contributed by atoms with Crippen LogP contribution in [0.5, 0.6) is 5.75 Å². The highest BCUT2D eigenvalue weighted by atomic mass is 16.5. The molecule has 7 nitrogen and oxygen atoms in total. The van der Waals surface area contributed by atoms with Crippen molar-refractivity contribution in [3.8, 4) is 5.75 Å². The summed E-state index contributed by atoms with van der Waals surface area (Å²) < 4.78 is 5.64. The summed E-state index contributed by atoms with van der Waals surface area (Å²) in [6.07, 6.45) is 1.48. The van der Waals surface area contributed by atoms with Gasteiger partial charge < -0.3 is 19.9 Å². The van der Waals surface area contributed by atoms with E-state index in [0.29, 0.717) is 5.82 Å². The molecule has 2 heterocycles. The van der Waals surface area contributed by atoms with Gasteiger partial charge in [-0.3, -0.25) is 4.79 Å². The molecule has 138 valence electrons. The zero-order valence-electron chi connectivity index (χ0n) is 15.5. The SMILES string of the molecule is Cc1cccc(OCC(=O)Nc2cc(N3CCN(C)CC3)ncn2)c1C. The van der Waals surface area contributed by atoms with Crippen molar-refractivity contribution in [1.82, 2.24) is 14.9 Å². The Morgan fingerprint density at radius 2 is 1.96 bits per heavy atom. The van der Waals surface area contributed by atoms with E-state index >= 15 is 0 Å². The lowest BCUT2D eigenvalue weighted by atomic mass is 10.1. The third kappa shape index (κ3) is 4.49. The summed E-state index contributed by atoms with van der Waals surface area (Å²) in [5, 5.41) is 2.78. The summed E-state index contributed by atoms with van der Waals surface area (Å²) in [7, 11) is 2.11. The van der Waals surface area contributed by atoms with Gasteiger partial charge in [0.05, 0.1) is 0 Å². The molecule has 3 rings (SSSR count). The molecule has 0 spiro atoms. The zero-order valence-corrected chi connectivity index (χ0v) is 15.5. The van der Waals surface area contributed by atoms with Crippen LogP contribution in [0.3, 0.4) is 0 Å². The zero-order chi connectivity index (χ0) is 18.5. The lowest BCUT2D eigenvalue weighted by molar-refractivity contribution is -0.118. The fourth-order valence-electron chi connectivity index (χ4n) is 2.83. The Hall–Kier alpha value is -2.67. The van der Waals surface area contributed by atoms with Crippen LogP contribution in [-0.4, -0.2) is 60.6 Å². The Morgan fingerprint density at radius 3 is 2.73 bits per heavy atom. The van der Waals surface area contributed by atoms with Crippen LogP contribution >= 0.6 is 0 Å². The number of amides is 1. The summed E-state index contributed by atoms with van der Waals surface area (Å²) in [6, 6.07) is 7.61. The Bertz CT molecular complexity index is 772. The third-order valence-electron chi connectivity index (χ3n) is 4.66. The normalized spacial score (nSPS) is 15.0. The molecule has 1 N–H and O–H groups in total. The van der Waals surface area contributed by atoms with Crippen LogP contribution in [0, 0.1) is 13.8 Å². The molecular weight excluding hydrogens is 330 g/mol. The second-order valence-electron chi connectivity index (χ2n) is 6.59. The average molecular weight is 355 g/mol. The van der Waals surface area contributed by atoms with Crippen LogP contribution in [0.2, 0.25) is 0 Å². The maximum atomic E-state index is 12.2. The Kier molecular flexibility index (Phi) is 5.68. The van der Waals surface area contributed by atoms with Crippen molar-refractivity contribution >= 4 is 17.5 Å². The van der Waals surface area contributed by atoms with Gasteiger partial charge in [-0.2, -0.15) is 0 Å². The van der Waals surface area contributed by atoms with Crippen molar-refractivity contribution in [3.63, 3.8) is 0 Å². The first-order chi connectivity index (χ1) is 12.5. The smallest absolute Gasteiger partial charge is 0.263 e. The highest BCUT2D eigenvalue weighted by Gasteiger charge is 2.16. The number of hydrogen-bond acceptors (Lipinski definition) is 6. The Morgan fingerprint density at radius 1 is 1.19 bits per heavy atom. The van der Waals surface area contributed by atoms with Gasteiger partial charge in [-0.15, -0.1) is 0 Å². The molecule has 1 fully saturated rings. The number of benzene rings is 1. The van der Waals surface area contributed by atoms with E-state index in [9.17, 15) is 4.79 Å². The third-order valence-corrected chi connectivity index (χ3v) is 4.66. The lowest BCUT2D eigenvalue weighted by Gasteiger charge is -2.33. The van der Waals surface area contributed by atoms with Crippen molar-refractivity contribution in [2.24, 2.45) is 0 Å². The number of nitrogens with one attached hydrogen (secondary N) is 1. The molecule has 0 unspecified atom stereocenters. The number of rotatable bonds is 5. The van der Waals surface area contributed by atoms with Crippen LogP contribution in [0.4, 0.5) is 11.6 Å². The molecule has 1 amide bonds. The van der Waals surface area contributed by atoms with Gasteiger partial charge in [-0.1, -0.05) is 12.1 Å². The van der Waals surface area contributed by atoms with Crippen LogP contribution in [0.15, 0.2) is 30.6 Å². The fraction of sp³-hybridized carbons (Fsp3) is 0.421. The molecule has 7 heteroatoms. The highest BCUT2D eigenvalue weighted by molar-refractivity contribution is 5.91. The molecule has 0 saturated carbocycles. The van der Waals surface area contributed by atoms with Crippen molar-refractivity contribution in [2.75, 3.05) is 50.1 Å². The molecule has 1 aliphatic heterocycles. The Balaban J connectivity index is 1.57. The van der Waals surface area contributed by atoms with Crippen molar-refractivity contribution in [3.05, 3.63) is 41.7 Å². The molecule has 1 saturated heterocycles. The topological polar surface area (TPSA) is 70.6 Å².